The van der Waals surface area contributed by atoms with Crippen LogP contribution in [0.3, 0.4) is 0 Å². The summed E-state index contributed by atoms with van der Waals surface area (Å²) in [7, 11) is 0. The highest BCUT2D eigenvalue weighted by molar-refractivity contribution is 6.30. The summed E-state index contributed by atoms with van der Waals surface area (Å²) in [5.74, 6) is -0.652. The molecule has 5 nitrogen and oxygen atoms in total. The van der Waals surface area contributed by atoms with Crippen molar-refractivity contribution in [2.45, 2.75) is 19.0 Å². The summed E-state index contributed by atoms with van der Waals surface area (Å²) < 4.78 is 1.74. The molecule has 2 amide bonds. The highest BCUT2D eigenvalue weighted by Crippen LogP contribution is 2.27. The second-order valence-electron chi connectivity index (χ2n) is 7.32. The van der Waals surface area contributed by atoms with Crippen molar-refractivity contribution >= 4 is 41.2 Å². The summed E-state index contributed by atoms with van der Waals surface area (Å²) in [5, 5.41) is 4.00. The second-order valence-corrected chi connectivity index (χ2v) is 8.20. The average molecular weight is 453 g/mol. The van der Waals surface area contributed by atoms with E-state index in [1.165, 1.54) is 0 Å². The van der Waals surface area contributed by atoms with Gasteiger partial charge in [0.15, 0.2) is 6.04 Å². The molecule has 0 bridgehead atoms. The van der Waals surface area contributed by atoms with Gasteiger partial charge in [0.05, 0.1) is 0 Å². The molecule has 0 saturated carbocycles. The Hall–Kier alpha value is -3.15. The van der Waals surface area contributed by atoms with Crippen molar-refractivity contribution in [3.8, 4) is 0 Å². The minimum absolute atomic E-state index is 0.299. The number of hydrazine groups is 1. The van der Waals surface area contributed by atoms with Crippen LogP contribution in [0.1, 0.15) is 33.1 Å². The standard InChI is InChI=1S/C24H19Cl2N3O2/c1-15-4-2-3-5-18(15)14-29-22(16-6-10-19(25)11-7-16)21(24(31)28-29)27-23(30)17-8-12-20(26)13-9-17/h2-14,21-22H,1H3,(H-,27,28,30,31)/p+1/b29-14-/t21-,22+/m0/s1. The number of hydrogen-bond acceptors (Lipinski definition) is 2. The van der Waals surface area contributed by atoms with Crippen molar-refractivity contribution in [1.29, 1.82) is 0 Å². The van der Waals surface area contributed by atoms with Gasteiger partial charge in [0.2, 0.25) is 12.3 Å². The summed E-state index contributed by atoms with van der Waals surface area (Å²) in [6, 6.07) is 20.4. The summed E-state index contributed by atoms with van der Waals surface area (Å²) >= 11 is 12.0. The molecule has 0 spiro atoms. The van der Waals surface area contributed by atoms with Gasteiger partial charge >= 0.3 is 5.91 Å². The van der Waals surface area contributed by atoms with E-state index in [2.05, 4.69) is 10.7 Å². The van der Waals surface area contributed by atoms with Gasteiger partial charge in [-0.2, -0.15) is 0 Å². The van der Waals surface area contributed by atoms with Gasteiger partial charge in [-0.25, -0.2) is 0 Å². The molecule has 2 atom stereocenters. The molecule has 0 aliphatic carbocycles. The first-order valence-corrected chi connectivity index (χ1v) is 10.5. The number of carbonyl (C=O) groups excluding carboxylic acids is 2. The van der Waals surface area contributed by atoms with E-state index < -0.39 is 12.1 Å². The molecule has 3 aromatic rings. The van der Waals surface area contributed by atoms with Crippen LogP contribution in [0.4, 0.5) is 0 Å². The number of halogens is 2. The van der Waals surface area contributed by atoms with Crippen LogP contribution in [0, 0.1) is 6.92 Å². The van der Waals surface area contributed by atoms with Crippen LogP contribution >= 0.6 is 23.2 Å². The fraction of sp³-hybridized carbons (Fsp3) is 0.125. The highest BCUT2D eigenvalue weighted by atomic mass is 35.5. The van der Waals surface area contributed by atoms with E-state index in [0.29, 0.717) is 15.6 Å². The predicted octanol–water partition coefficient (Wildman–Crippen LogP) is 4.32. The second kappa shape index (κ2) is 8.92. The molecular weight excluding hydrogens is 433 g/mol. The molecule has 1 heterocycles. The minimum Gasteiger partial charge on any atom is -0.334 e. The van der Waals surface area contributed by atoms with Crippen LogP contribution in [0.15, 0.2) is 72.8 Å². The zero-order valence-corrected chi connectivity index (χ0v) is 18.2. The fourth-order valence-corrected chi connectivity index (χ4v) is 3.80. The van der Waals surface area contributed by atoms with Gasteiger partial charge < -0.3 is 5.32 Å². The molecule has 1 aliphatic heterocycles. The lowest BCUT2D eigenvalue weighted by atomic mass is 9.99. The third-order valence-corrected chi connectivity index (χ3v) is 5.71. The number of carbonyl (C=O) groups is 2. The predicted molar refractivity (Wildman–Crippen MR) is 122 cm³/mol. The molecule has 1 aliphatic rings. The normalized spacial score (nSPS) is 19.3. The average Bonchev–Trinajstić information content (AvgIpc) is 3.05. The Bertz CT molecular complexity index is 1160. The number of nitrogens with one attached hydrogen (secondary N) is 2. The lowest BCUT2D eigenvalue weighted by molar-refractivity contribution is -0.596. The van der Waals surface area contributed by atoms with Crippen LogP contribution in [0.25, 0.3) is 0 Å². The molecule has 3 aromatic carbocycles. The first-order chi connectivity index (χ1) is 14.9. The van der Waals surface area contributed by atoms with Gasteiger partial charge in [0.1, 0.15) is 0 Å². The van der Waals surface area contributed by atoms with E-state index in [1.807, 2.05) is 49.5 Å². The SMILES string of the molecule is Cc1ccccc1/C=[N+]1\NC(=O)[C@@H](NC(=O)c2ccc(Cl)cc2)[C@H]1c1ccc(Cl)cc1. The first-order valence-electron chi connectivity index (χ1n) is 9.73. The van der Waals surface area contributed by atoms with Gasteiger partial charge in [-0.1, -0.05) is 53.5 Å². The van der Waals surface area contributed by atoms with Crippen LogP contribution in [0.5, 0.6) is 0 Å². The Morgan fingerprint density at radius 1 is 0.968 bits per heavy atom. The Kier molecular flexibility index (Phi) is 6.07. The lowest BCUT2D eigenvalue weighted by Gasteiger charge is -2.15. The zero-order chi connectivity index (χ0) is 22.0. The number of amides is 2. The van der Waals surface area contributed by atoms with Crippen molar-refractivity contribution in [2.75, 3.05) is 0 Å². The zero-order valence-electron chi connectivity index (χ0n) is 16.7. The fourth-order valence-electron chi connectivity index (χ4n) is 3.55. The molecule has 2 N–H and O–H groups in total. The maximum absolute atomic E-state index is 12.9. The minimum atomic E-state index is -0.801. The van der Waals surface area contributed by atoms with Crippen molar-refractivity contribution in [2.24, 2.45) is 0 Å². The molecule has 156 valence electrons. The third-order valence-electron chi connectivity index (χ3n) is 5.21. The van der Waals surface area contributed by atoms with Crippen molar-refractivity contribution in [3.63, 3.8) is 0 Å². The molecule has 0 radical (unpaired) electrons. The van der Waals surface area contributed by atoms with Gasteiger partial charge in [0, 0.05) is 26.7 Å². The van der Waals surface area contributed by atoms with Crippen LogP contribution < -0.4 is 10.7 Å². The number of aryl methyl sites for hydroxylation is 1. The van der Waals surface area contributed by atoms with Gasteiger partial charge in [-0.05, 0) is 55.0 Å². The van der Waals surface area contributed by atoms with Crippen LogP contribution in [0.2, 0.25) is 10.0 Å². The summed E-state index contributed by atoms with van der Waals surface area (Å²) in [6.07, 6.45) is 1.88. The Labute approximate surface area is 190 Å². The third kappa shape index (κ3) is 4.63. The number of nitrogens with zero attached hydrogens (tertiary/aromatic N) is 1. The molecule has 0 unspecified atom stereocenters. The van der Waals surface area contributed by atoms with E-state index in [1.54, 1.807) is 41.1 Å². The van der Waals surface area contributed by atoms with E-state index in [4.69, 9.17) is 23.2 Å². The molecule has 4 rings (SSSR count). The van der Waals surface area contributed by atoms with Crippen molar-refractivity contribution in [1.82, 2.24) is 10.7 Å². The van der Waals surface area contributed by atoms with Crippen molar-refractivity contribution in [3.05, 3.63) is 105 Å². The maximum Gasteiger partial charge on any atom is 0.304 e. The Morgan fingerprint density at radius 2 is 1.58 bits per heavy atom. The van der Waals surface area contributed by atoms with E-state index in [9.17, 15) is 9.59 Å². The number of hydrogen-bond donors (Lipinski definition) is 2. The number of hydrazone groups is 1. The number of benzene rings is 3. The Morgan fingerprint density at radius 3 is 2.23 bits per heavy atom. The van der Waals surface area contributed by atoms with Crippen molar-refractivity contribution < 1.29 is 14.3 Å². The van der Waals surface area contributed by atoms with Gasteiger partial charge in [-0.15, -0.1) is 10.1 Å². The molecule has 0 aromatic heterocycles. The van der Waals surface area contributed by atoms with E-state index in [0.717, 1.165) is 16.7 Å². The quantitative estimate of drug-likeness (QED) is 0.579. The maximum atomic E-state index is 12.9. The monoisotopic (exact) mass is 452 g/mol. The van der Waals surface area contributed by atoms with E-state index >= 15 is 0 Å². The lowest BCUT2D eigenvalue weighted by Crippen LogP contribution is -2.42. The highest BCUT2D eigenvalue weighted by Gasteiger charge is 2.47. The molecule has 7 heteroatoms. The molecule has 1 fully saturated rings. The molecule has 31 heavy (non-hydrogen) atoms. The molecular formula is C24H20Cl2N3O2+. The van der Waals surface area contributed by atoms with Gasteiger partial charge in [-0.3, -0.25) is 9.59 Å². The van der Waals surface area contributed by atoms with Crippen LogP contribution in [-0.2, 0) is 4.79 Å². The number of rotatable bonds is 4. The summed E-state index contributed by atoms with van der Waals surface area (Å²) in [6.45, 7) is 2.00. The topological polar surface area (TPSA) is 61.2 Å². The summed E-state index contributed by atoms with van der Waals surface area (Å²) in [4.78, 5) is 25.7. The van der Waals surface area contributed by atoms with E-state index in [-0.39, 0.29) is 11.8 Å². The van der Waals surface area contributed by atoms with Crippen LogP contribution in [-0.4, -0.2) is 28.8 Å². The van der Waals surface area contributed by atoms with Gasteiger partial charge in [0.25, 0.3) is 5.91 Å². The first kappa shape index (κ1) is 21.1. The summed E-state index contributed by atoms with van der Waals surface area (Å²) in [5.41, 5.74) is 6.18. The largest absolute Gasteiger partial charge is 0.334 e. The molecule has 1 saturated heterocycles. The smallest absolute Gasteiger partial charge is 0.304 e. The Balaban J connectivity index is 1.71.